The van der Waals surface area contributed by atoms with Gasteiger partial charge in [0, 0.05) is 17.6 Å². The van der Waals surface area contributed by atoms with Gasteiger partial charge in [-0.1, -0.05) is 48.5 Å². The number of carbonyl (C=O) groups excluding carboxylic acids is 1. The van der Waals surface area contributed by atoms with Crippen LogP contribution in [0.4, 0.5) is 0 Å². The van der Waals surface area contributed by atoms with Crippen LogP contribution in [0.2, 0.25) is 0 Å². The van der Waals surface area contributed by atoms with E-state index in [1.807, 2.05) is 67.6 Å². The molecular formula is C32H26N2O5S. The summed E-state index contributed by atoms with van der Waals surface area (Å²) < 4.78 is 25.7. The minimum absolute atomic E-state index is 0.280. The van der Waals surface area contributed by atoms with Gasteiger partial charge in [0.05, 0.1) is 24.4 Å². The maximum absolute atomic E-state index is 13.4. The zero-order valence-electron chi connectivity index (χ0n) is 22.0. The van der Waals surface area contributed by atoms with Gasteiger partial charge in [0.15, 0.2) is 0 Å². The molecule has 200 valence electrons. The predicted molar refractivity (Wildman–Crippen MR) is 153 cm³/mol. The molecule has 5 aromatic rings. The Morgan fingerprint density at radius 2 is 1.68 bits per heavy atom. The molecule has 1 unspecified atom stereocenters. The quantitative estimate of drug-likeness (QED) is 0.238. The first-order chi connectivity index (χ1) is 19.4. The zero-order valence-corrected chi connectivity index (χ0v) is 22.8. The molecule has 0 radical (unpaired) electrons. The van der Waals surface area contributed by atoms with Gasteiger partial charge in [-0.3, -0.25) is 0 Å². The molecule has 40 heavy (non-hydrogen) atoms. The number of benzene rings is 4. The Labute approximate surface area is 235 Å². The zero-order chi connectivity index (χ0) is 27.7. The van der Waals surface area contributed by atoms with Crippen LogP contribution in [0.5, 0.6) is 11.5 Å². The van der Waals surface area contributed by atoms with E-state index in [1.54, 1.807) is 37.4 Å². The van der Waals surface area contributed by atoms with E-state index in [9.17, 15) is 9.90 Å². The van der Waals surface area contributed by atoms with Gasteiger partial charge in [0.2, 0.25) is 0 Å². The first-order valence-corrected chi connectivity index (χ1v) is 13.5. The highest BCUT2D eigenvalue weighted by Gasteiger charge is 2.48. The molecule has 0 aliphatic carbocycles. The number of rotatable bonds is 8. The summed E-state index contributed by atoms with van der Waals surface area (Å²) >= 11 is 1.11. The van der Waals surface area contributed by atoms with Crippen molar-refractivity contribution in [2.75, 3.05) is 7.11 Å². The van der Waals surface area contributed by atoms with Crippen molar-refractivity contribution < 1.29 is 24.1 Å². The highest BCUT2D eigenvalue weighted by molar-refractivity contribution is 7.00. The molecule has 0 saturated heterocycles. The van der Waals surface area contributed by atoms with Crippen molar-refractivity contribution in [2.24, 2.45) is 0 Å². The van der Waals surface area contributed by atoms with E-state index >= 15 is 0 Å². The lowest BCUT2D eigenvalue weighted by Gasteiger charge is -2.26. The van der Waals surface area contributed by atoms with Crippen molar-refractivity contribution in [3.63, 3.8) is 0 Å². The third kappa shape index (κ3) is 4.83. The highest BCUT2D eigenvalue weighted by atomic mass is 32.1. The summed E-state index contributed by atoms with van der Waals surface area (Å²) in [6, 6.07) is 28.1. The van der Waals surface area contributed by atoms with E-state index in [0.29, 0.717) is 40.1 Å². The van der Waals surface area contributed by atoms with Crippen molar-refractivity contribution in [1.82, 2.24) is 8.75 Å². The fourth-order valence-corrected chi connectivity index (χ4v) is 5.50. The molecule has 0 saturated carbocycles. The summed E-state index contributed by atoms with van der Waals surface area (Å²) in [7, 11) is 1.63. The number of hydrogen-bond acceptors (Lipinski definition) is 8. The van der Waals surface area contributed by atoms with Crippen LogP contribution in [0.15, 0.2) is 96.6 Å². The lowest BCUT2D eigenvalue weighted by molar-refractivity contribution is -0.185. The van der Waals surface area contributed by atoms with Crippen LogP contribution in [0.1, 0.15) is 27.8 Å². The molecule has 0 fully saturated rings. The molecule has 0 amide bonds. The predicted octanol–water partition coefficient (Wildman–Crippen LogP) is 5.99. The highest BCUT2D eigenvalue weighted by Crippen LogP contribution is 2.45. The van der Waals surface area contributed by atoms with Crippen molar-refractivity contribution in [2.45, 2.75) is 25.7 Å². The van der Waals surface area contributed by atoms with Crippen LogP contribution < -0.4 is 9.47 Å². The first kappa shape index (κ1) is 25.7. The van der Waals surface area contributed by atoms with Crippen LogP contribution in [0, 0.1) is 6.92 Å². The molecule has 1 aliphatic rings. The van der Waals surface area contributed by atoms with E-state index in [4.69, 9.17) is 14.2 Å². The van der Waals surface area contributed by atoms with Crippen LogP contribution in [-0.4, -0.2) is 26.9 Å². The van der Waals surface area contributed by atoms with Gasteiger partial charge >= 0.3 is 5.97 Å². The van der Waals surface area contributed by atoms with Crippen LogP contribution >= 0.6 is 11.7 Å². The first-order valence-electron chi connectivity index (χ1n) is 12.8. The number of aliphatic hydroxyl groups is 1. The van der Waals surface area contributed by atoms with Crippen molar-refractivity contribution in [1.29, 1.82) is 0 Å². The number of aromatic nitrogens is 2. The van der Waals surface area contributed by atoms with Crippen LogP contribution in [0.3, 0.4) is 0 Å². The van der Waals surface area contributed by atoms with Crippen LogP contribution in [0.25, 0.3) is 16.6 Å². The Bertz CT molecular complexity index is 1730. The van der Waals surface area contributed by atoms with Gasteiger partial charge < -0.3 is 19.3 Å². The average molecular weight is 551 g/mol. The van der Waals surface area contributed by atoms with Crippen molar-refractivity contribution in [3.05, 3.63) is 124 Å². The van der Waals surface area contributed by atoms with Crippen molar-refractivity contribution in [3.8, 4) is 11.5 Å². The number of esters is 1. The lowest BCUT2D eigenvalue weighted by atomic mass is 9.87. The number of fused-ring (bicyclic) bond motifs is 1. The third-order valence-corrected chi connectivity index (χ3v) is 7.59. The number of ether oxygens (including phenoxy) is 3. The number of aryl methyl sites for hydroxylation is 1. The number of hydrogen-bond donors (Lipinski definition) is 1. The third-order valence-electron chi connectivity index (χ3n) is 7.03. The molecule has 6 rings (SSSR count). The van der Waals surface area contributed by atoms with Gasteiger partial charge in [0.25, 0.3) is 5.79 Å². The second-order valence-corrected chi connectivity index (χ2v) is 10.2. The Hall–Kier alpha value is -4.53. The molecule has 4 aromatic carbocycles. The molecule has 7 nitrogen and oxygen atoms in total. The van der Waals surface area contributed by atoms with E-state index in [-0.39, 0.29) is 6.42 Å². The largest absolute Gasteiger partial charge is 0.496 e. The normalized spacial score (nSPS) is 16.8. The SMILES string of the molecule is COc1ccc(CC2=C(c3ccc4nsnc4c3)C(=O)OC2(O)c2ccc(OCc3ccccc3)cc2)cc1C. The maximum Gasteiger partial charge on any atom is 0.342 e. The van der Waals surface area contributed by atoms with E-state index in [0.717, 1.165) is 39.7 Å². The molecule has 1 aromatic heterocycles. The van der Waals surface area contributed by atoms with Gasteiger partial charge in [-0.05, 0) is 71.6 Å². The summed E-state index contributed by atoms with van der Waals surface area (Å²) in [5.74, 6) is -1.17. The van der Waals surface area contributed by atoms with Gasteiger partial charge in [-0.15, -0.1) is 0 Å². The minimum Gasteiger partial charge on any atom is -0.496 e. The molecule has 0 bridgehead atoms. The van der Waals surface area contributed by atoms with Crippen LogP contribution in [-0.2, 0) is 28.3 Å². The second kappa shape index (κ2) is 10.6. The summed E-state index contributed by atoms with van der Waals surface area (Å²) in [5.41, 5.74) is 6.13. The second-order valence-electron chi connectivity index (χ2n) is 9.63. The maximum atomic E-state index is 13.4. The summed E-state index contributed by atoms with van der Waals surface area (Å²) in [5, 5.41) is 12.0. The van der Waals surface area contributed by atoms with Gasteiger partial charge in [0.1, 0.15) is 29.1 Å². The standard InChI is InChI=1S/C32H26N2O5S/c1-20-16-22(8-15-29(20)37-2)17-26-30(23-9-14-27-28(18-23)34-40-33-27)31(35)39-32(26,36)24-10-12-25(13-11-24)38-19-21-6-4-3-5-7-21/h3-16,18,36H,17,19H2,1-2H3. The lowest BCUT2D eigenvalue weighted by Crippen LogP contribution is -2.29. The molecule has 1 atom stereocenters. The molecule has 0 spiro atoms. The number of cyclic esters (lactones) is 1. The van der Waals surface area contributed by atoms with Gasteiger partial charge in [-0.2, -0.15) is 8.75 Å². The summed E-state index contributed by atoms with van der Waals surface area (Å²) in [4.78, 5) is 13.4. The number of carbonyl (C=O) groups is 1. The smallest absolute Gasteiger partial charge is 0.342 e. The fraction of sp³-hybridized carbons (Fsp3) is 0.156. The van der Waals surface area contributed by atoms with E-state index < -0.39 is 11.8 Å². The Morgan fingerprint density at radius 3 is 2.42 bits per heavy atom. The van der Waals surface area contributed by atoms with E-state index in [1.165, 1.54) is 0 Å². The average Bonchev–Trinajstić information content (AvgIpc) is 3.54. The fourth-order valence-electron chi connectivity index (χ4n) is 4.98. The Balaban J connectivity index is 1.39. The Kier molecular flexibility index (Phi) is 6.79. The summed E-state index contributed by atoms with van der Waals surface area (Å²) in [6.45, 7) is 2.37. The monoisotopic (exact) mass is 550 g/mol. The number of nitrogens with zero attached hydrogens (tertiary/aromatic N) is 2. The molecular weight excluding hydrogens is 524 g/mol. The van der Waals surface area contributed by atoms with Crippen molar-refractivity contribution >= 4 is 34.3 Å². The molecule has 1 N–H and O–H groups in total. The molecule has 2 heterocycles. The number of methoxy groups -OCH3 is 1. The van der Waals surface area contributed by atoms with E-state index in [2.05, 4.69) is 8.75 Å². The minimum atomic E-state index is -1.96. The van der Waals surface area contributed by atoms with Gasteiger partial charge in [-0.25, -0.2) is 4.79 Å². The Morgan fingerprint density at radius 1 is 0.900 bits per heavy atom. The molecule has 1 aliphatic heterocycles. The topological polar surface area (TPSA) is 90.8 Å². The molecule has 8 heteroatoms. The summed E-state index contributed by atoms with van der Waals surface area (Å²) in [6.07, 6.45) is 0.280.